The van der Waals surface area contributed by atoms with Crippen molar-refractivity contribution in [2.75, 3.05) is 6.61 Å². The molecule has 1 aliphatic carbocycles. The standard InChI is InChI=1S/C12H17NO3S/c13-17(15,16)12-7-2-1-5-11(12)10-6-3-4-9(10)8-14/h1-2,5,7,9-10,14H,3-4,6,8H2,(H2,13,15,16). The van der Waals surface area contributed by atoms with Crippen LogP contribution in [0.25, 0.3) is 0 Å². The lowest BCUT2D eigenvalue weighted by Crippen LogP contribution is -2.18. The molecule has 0 aliphatic heterocycles. The van der Waals surface area contributed by atoms with Gasteiger partial charge in [0.15, 0.2) is 0 Å². The first-order chi connectivity index (χ1) is 8.04. The van der Waals surface area contributed by atoms with Gasteiger partial charge in [0.2, 0.25) is 10.0 Å². The molecule has 0 heterocycles. The second-order valence-corrected chi connectivity index (χ2v) is 6.09. The topological polar surface area (TPSA) is 80.4 Å². The molecule has 1 aromatic rings. The number of rotatable bonds is 3. The van der Waals surface area contributed by atoms with E-state index < -0.39 is 10.0 Å². The lowest BCUT2D eigenvalue weighted by molar-refractivity contribution is 0.216. The normalized spacial score (nSPS) is 25.1. The molecule has 3 N–H and O–H groups in total. The zero-order chi connectivity index (χ0) is 12.5. The van der Waals surface area contributed by atoms with Crippen LogP contribution in [-0.2, 0) is 10.0 Å². The summed E-state index contributed by atoms with van der Waals surface area (Å²) in [6.45, 7) is 0.101. The number of benzene rings is 1. The smallest absolute Gasteiger partial charge is 0.238 e. The fraction of sp³-hybridized carbons (Fsp3) is 0.500. The SMILES string of the molecule is NS(=O)(=O)c1ccccc1C1CCCC1CO. The number of nitrogens with two attached hydrogens (primary N) is 1. The first-order valence-electron chi connectivity index (χ1n) is 5.76. The van der Waals surface area contributed by atoms with Gasteiger partial charge in [0, 0.05) is 6.61 Å². The molecule has 94 valence electrons. The van der Waals surface area contributed by atoms with E-state index >= 15 is 0 Å². The summed E-state index contributed by atoms with van der Waals surface area (Å²) in [4.78, 5) is 0.199. The van der Waals surface area contributed by atoms with Gasteiger partial charge in [-0.3, -0.25) is 0 Å². The molecular formula is C12H17NO3S. The Kier molecular flexibility index (Phi) is 3.51. The highest BCUT2D eigenvalue weighted by molar-refractivity contribution is 7.89. The van der Waals surface area contributed by atoms with Gasteiger partial charge in [0.25, 0.3) is 0 Å². The summed E-state index contributed by atoms with van der Waals surface area (Å²) in [6.07, 6.45) is 2.88. The highest BCUT2D eigenvalue weighted by atomic mass is 32.2. The minimum atomic E-state index is -3.68. The Morgan fingerprint density at radius 3 is 2.65 bits per heavy atom. The molecule has 1 saturated carbocycles. The van der Waals surface area contributed by atoms with Crippen molar-refractivity contribution in [2.45, 2.75) is 30.1 Å². The summed E-state index contributed by atoms with van der Waals surface area (Å²) < 4.78 is 23.0. The zero-order valence-corrected chi connectivity index (χ0v) is 10.4. The van der Waals surface area contributed by atoms with E-state index in [1.54, 1.807) is 12.1 Å². The zero-order valence-electron chi connectivity index (χ0n) is 9.54. The molecule has 17 heavy (non-hydrogen) atoms. The average Bonchev–Trinajstić information content (AvgIpc) is 2.75. The second-order valence-electron chi connectivity index (χ2n) is 4.56. The molecule has 0 amide bonds. The van der Waals surface area contributed by atoms with Crippen LogP contribution in [0, 0.1) is 5.92 Å². The van der Waals surface area contributed by atoms with Crippen molar-refractivity contribution in [3.63, 3.8) is 0 Å². The van der Waals surface area contributed by atoms with Crippen LogP contribution < -0.4 is 5.14 Å². The van der Waals surface area contributed by atoms with Crippen molar-refractivity contribution >= 4 is 10.0 Å². The molecule has 0 spiro atoms. The Morgan fingerprint density at radius 1 is 1.29 bits per heavy atom. The largest absolute Gasteiger partial charge is 0.396 e. The van der Waals surface area contributed by atoms with Gasteiger partial charge in [-0.05, 0) is 36.3 Å². The Labute approximate surface area is 102 Å². The molecule has 0 aromatic heterocycles. The predicted octanol–water partition coefficient (Wildman–Crippen LogP) is 1.21. The van der Waals surface area contributed by atoms with E-state index in [1.165, 1.54) is 6.07 Å². The quantitative estimate of drug-likeness (QED) is 0.852. The lowest BCUT2D eigenvalue weighted by atomic mass is 9.89. The molecule has 5 heteroatoms. The molecule has 0 bridgehead atoms. The lowest BCUT2D eigenvalue weighted by Gasteiger charge is -2.20. The van der Waals surface area contributed by atoms with Crippen LogP contribution in [0.3, 0.4) is 0 Å². The van der Waals surface area contributed by atoms with Crippen molar-refractivity contribution in [2.24, 2.45) is 11.1 Å². The molecule has 2 atom stereocenters. The highest BCUT2D eigenvalue weighted by Gasteiger charge is 2.31. The molecule has 2 unspecified atom stereocenters. The summed E-state index contributed by atoms with van der Waals surface area (Å²) in [6, 6.07) is 6.83. The van der Waals surface area contributed by atoms with E-state index in [4.69, 9.17) is 5.14 Å². The third kappa shape index (κ3) is 2.51. The number of sulfonamides is 1. The van der Waals surface area contributed by atoms with Crippen LogP contribution in [0.5, 0.6) is 0 Å². The number of primary sulfonamides is 1. The van der Waals surface area contributed by atoms with Crippen LogP contribution >= 0.6 is 0 Å². The van der Waals surface area contributed by atoms with Gasteiger partial charge in [-0.25, -0.2) is 13.6 Å². The maximum absolute atomic E-state index is 11.5. The Balaban J connectivity index is 2.45. The second kappa shape index (κ2) is 4.76. The summed E-state index contributed by atoms with van der Waals surface area (Å²) in [5, 5.41) is 14.5. The number of hydrogen-bond donors (Lipinski definition) is 2. The summed E-state index contributed by atoms with van der Waals surface area (Å²) in [5.74, 6) is 0.257. The molecule has 1 aliphatic rings. The van der Waals surface area contributed by atoms with E-state index in [1.807, 2.05) is 6.07 Å². The highest BCUT2D eigenvalue weighted by Crippen LogP contribution is 2.41. The molecule has 2 rings (SSSR count). The van der Waals surface area contributed by atoms with E-state index in [2.05, 4.69) is 0 Å². The Hall–Kier alpha value is -0.910. The first-order valence-corrected chi connectivity index (χ1v) is 7.31. The van der Waals surface area contributed by atoms with Crippen LogP contribution in [0.15, 0.2) is 29.2 Å². The van der Waals surface area contributed by atoms with E-state index in [0.717, 1.165) is 24.8 Å². The van der Waals surface area contributed by atoms with Gasteiger partial charge in [-0.15, -0.1) is 0 Å². The first kappa shape index (κ1) is 12.5. The van der Waals surface area contributed by atoms with Crippen molar-refractivity contribution in [3.05, 3.63) is 29.8 Å². The third-order valence-corrected chi connectivity index (χ3v) is 4.50. The third-order valence-electron chi connectivity index (χ3n) is 3.52. The summed E-state index contributed by atoms with van der Waals surface area (Å²) in [5.41, 5.74) is 0.756. The predicted molar refractivity (Wildman–Crippen MR) is 65.0 cm³/mol. The van der Waals surface area contributed by atoms with Crippen molar-refractivity contribution < 1.29 is 13.5 Å². The van der Waals surface area contributed by atoms with Gasteiger partial charge >= 0.3 is 0 Å². The van der Waals surface area contributed by atoms with Crippen molar-refractivity contribution in [1.29, 1.82) is 0 Å². The van der Waals surface area contributed by atoms with Gasteiger partial charge in [-0.2, -0.15) is 0 Å². The van der Waals surface area contributed by atoms with E-state index in [-0.39, 0.29) is 23.3 Å². The van der Waals surface area contributed by atoms with Crippen molar-refractivity contribution in [1.82, 2.24) is 0 Å². The van der Waals surface area contributed by atoms with E-state index in [0.29, 0.717) is 0 Å². The Morgan fingerprint density at radius 2 is 2.00 bits per heavy atom. The van der Waals surface area contributed by atoms with Gasteiger partial charge in [-0.1, -0.05) is 24.6 Å². The maximum atomic E-state index is 11.5. The van der Waals surface area contributed by atoms with Gasteiger partial charge < -0.3 is 5.11 Å². The van der Waals surface area contributed by atoms with Crippen LogP contribution in [0.1, 0.15) is 30.7 Å². The van der Waals surface area contributed by atoms with E-state index in [9.17, 15) is 13.5 Å². The number of aliphatic hydroxyl groups is 1. The summed E-state index contributed by atoms with van der Waals surface area (Å²) >= 11 is 0. The summed E-state index contributed by atoms with van der Waals surface area (Å²) in [7, 11) is -3.68. The molecule has 1 aromatic carbocycles. The van der Waals surface area contributed by atoms with Gasteiger partial charge in [0.1, 0.15) is 0 Å². The average molecular weight is 255 g/mol. The minimum absolute atomic E-state index is 0.101. The number of aliphatic hydroxyl groups excluding tert-OH is 1. The van der Waals surface area contributed by atoms with Crippen LogP contribution in [0.2, 0.25) is 0 Å². The van der Waals surface area contributed by atoms with Crippen molar-refractivity contribution in [3.8, 4) is 0 Å². The van der Waals surface area contributed by atoms with Crippen LogP contribution in [-0.4, -0.2) is 20.1 Å². The molecule has 0 saturated heterocycles. The van der Waals surface area contributed by atoms with Gasteiger partial charge in [0.05, 0.1) is 4.90 Å². The fourth-order valence-electron chi connectivity index (χ4n) is 2.71. The maximum Gasteiger partial charge on any atom is 0.238 e. The number of hydrogen-bond acceptors (Lipinski definition) is 3. The molecule has 0 radical (unpaired) electrons. The molecule has 1 fully saturated rings. The molecular weight excluding hydrogens is 238 g/mol. The minimum Gasteiger partial charge on any atom is -0.396 e. The van der Waals surface area contributed by atoms with Crippen LogP contribution in [0.4, 0.5) is 0 Å². The molecule has 4 nitrogen and oxygen atoms in total. The Bertz CT molecular complexity index is 498. The fourth-order valence-corrected chi connectivity index (χ4v) is 3.53. The monoisotopic (exact) mass is 255 g/mol.